The van der Waals surface area contributed by atoms with E-state index in [1.165, 1.54) is 9.21 Å². The van der Waals surface area contributed by atoms with Crippen LogP contribution >= 0.6 is 23.2 Å². The van der Waals surface area contributed by atoms with Crippen LogP contribution in [-0.4, -0.2) is 49.5 Å². The first-order chi connectivity index (χ1) is 17.1. The van der Waals surface area contributed by atoms with Gasteiger partial charge in [0.15, 0.2) is 0 Å². The van der Waals surface area contributed by atoms with E-state index in [0.29, 0.717) is 27.7 Å². The summed E-state index contributed by atoms with van der Waals surface area (Å²) in [5.74, 6) is -0.522. The van der Waals surface area contributed by atoms with E-state index in [0.717, 1.165) is 11.8 Å². The molecule has 2 amide bonds. The van der Waals surface area contributed by atoms with Crippen molar-refractivity contribution in [2.45, 2.75) is 72.0 Å². The highest BCUT2D eigenvalue weighted by atomic mass is 35.5. The highest BCUT2D eigenvalue weighted by Crippen LogP contribution is 2.25. The first-order valence-corrected chi connectivity index (χ1v) is 14.8. The van der Waals surface area contributed by atoms with Crippen molar-refractivity contribution in [3.63, 3.8) is 0 Å². The number of halogens is 2. The first kappa shape index (κ1) is 30.9. The Morgan fingerprint density at radius 1 is 1.08 bits per heavy atom. The Morgan fingerprint density at radius 2 is 1.73 bits per heavy atom. The normalized spacial score (nSPS) is 12.6. The fourth-order valence-electron chi connectivity index (χ4n) is 4.03. The van der Waals surface area contributed by atoms with Gasteiger partial charge in [0.05, 0.1) is 11.9 Å². The van der Waals surface area contributed by atoms with Crippen molar-refractivity contribution >= 4 is 50.7 Å². The number of anilines is 1. The van der Waals surface area contributed by atoms with Crippen LogP contribution in [0.5, 0.6) is 0 Å². The maximum Gasteiger partial charge on any atom is 0.243 e. The quantitative estimate of drug-likeness (QED) is 0.383. The minimum atomic E-state index is -3.56. The first-order valence-electron chi connectivity index (χ1n) is 12.2. The van der Waals surface area contributed by atoms with Crippen molar-refractivity contribution in [3.8, 4) is 0 Å². The molecule has 2 aromatic carbocycles. The third kappa shape index (κ3) is 9.20. The maximum absolute atomic E-state index is 13.5. The molecule has 204 valence electrons. The van der Waals surface area contributed by atoms with Crippen molar-refractivity contribution in [2.75, 3.05) is 17.1 Å². The highest BCUT2D eigenvalue weighted by Gasteiger charge is 2.31. The van der Waals surface area contributed by atoms with Gasteiger partial charge in [0.2, 0.25) is 21.8 Å². The van der Waals surface area contributed by atoms with Crippen LogP contribution in [0.15, 0.2) is 42.5 Å². The van der Waals surface area contributed by atoms with Crippen LogP contribution in [0.4, 0.5) is 5.69 Å². The van der Waals surface area contributed by atoms with Crippen molar-refractivity contribution < 1.29 is 18.0 Å². The lowest BCUT2D eigenvalue weighted by atomic mass is 10.0. The van der Waals surface area contributed by atoms with E-state index in [1.54, 1.807) is 30.3 Å². The van der Waals surface area contributed by atoms with Crippen LogP contribution in [0, 0.1) is 6.92 Å². The van der Waals surface area contributed by atoms with Gasteiger partial charge in [-0.3, -0.25) is 13.9 Å². The summed E-state index contributed by atoms with van der Waals surface area (Å²) in [7, 11) is -3.56. The van der Waals surface area contributed by atoms with Gasteiger partial charge in [-0.15, -0.1) is 0 Å². The molecule has 0 saturated carbocycles. The number of aryl methyl sites for hydroxylation is 1. The van der Waals surface area contributed by atoms with Gasteiger partial charge >= 0.3 is 0 Å². The van der Waals surface area contributed by atoms with E-state index in [4.69, 9.17) is 23.2 Å². The lowest BCUT2D eigenvalue weighted by Gasteiger charge is -2.33. The summed E-state index contributed by atoms with van der Waals surface area (Å²) < 4.78 is 26.4. The number of nitrogens with one attached hydrogen (secondary N) is 1. The fourth-order valence-corrected chi connectivity index (χ4v) is 5.52. The van der Waals surface area contributed by atoms with Crippen molar-refractivity contribution in [1.82, 2.24) is 10.2 Å². The molecule has 0 aromatic heterocycles. The topological polar surface area (TPSA) is 86.8 Å². The number of benzene rings is 2. The molecule has 0 aliphatic heterocycles. The Hall–Kier alpha value is -2.29. The average Bonchev–Trinajstić information content (AvgIpc) is 2.76. The van der Waals surface area contributed by atoms with E-state index in [-0.39, 0.29) is 37.7 Å². The molecular weight excluding hydrogens is 533 g/mol. The van der Waals surface area contributed by atoms with Gasteiger partial charge in [0.25, 0.3) is 0 Å². The van der Waals surface area contributed by atoms with Crippen molar-refractivity contribution in [1.29, 1.82) is 0 Å². The molecule has 0 fully saturated rings. The molecule has 2 rings (SSSR count). The smallest absolute Gasteiger partial charge is 0.243 e. The van der Waals surface area contributed by atoms with Crippen LogP contribution in [0.3, 0.4) is 0 Å². The third-order valence-corrected chi connectivity index (χ3v) is 7.54. The second-order valence-corrected chi connectivity index (χ2v) is 12.9. The second kappa shape index (κ2) is 13.0. The summed E-state index contributed by atoms with van der Waals surface area (Å²) in [6, 6.07) is 11.5. The molecule has 1 atom stereocenters. The van der Waals surface area contributed by atoms with Gasteiger partial charge in [-0.1, -0.05) is 54.4 Å². The number of hydrogen-bond donors (Lipinski definition) is 1. The molecule has 0 heterocycles. The Morgan fingerprint density at radius 3 is 2.27 bits per heavy atom. The zero-order chi connectivity index (χ0) is 28.0. The summed E-state index contributed by atoms with van der Waals surface area (Å²) in [6.45, 7) is 9.59. The van der Waals surface area contributed by atoms with E-state index < -0.39 is 21.6 Å². The molecule has 0 spiro atoms. The largest absolute Gasteiger partial charge is 0.350 e. The number of carbonyl (C=O) groups excluding carboxylic acids is 2. The Kier molecular flexibility index (Phi) is 10.9. The second-order valence-electron chi connectivity index (χ2n) is 10.1. The highest BCUT2D eigenvalue weighted by molar-refractivity contribution is 7.92. The predicted molar refractivity (Wildman–Crippen MR) is 152 cm³/mol. The van der Waals surface area contributed by atoms with Gasteiger partial charge in [-0.2, -0.15) is 0 Å². The van der Waals surface area contributed by atoms with Crippen LogP contribution in [0.1, 0.15) is 58.1 Å². The number of carbonyl (C=O) groups is 2. The summed E-state index contributed by atoms with van der Waals surface area (Å²) in [5.41, 5.74) is 1.60. The molecule has 7 nitrogen and oxygen atoms in total. The maximum atomic E-state index is 13.5. The van der Waals surface area contributed by atoms with Gasteiger partial charge in [0, 0.05) is 35.1 Å². The molecule has 0 bridgehead atoms. The molecule has 0 saturated heterocycles. The Bertz CT molecular complexity index is 1210. The standard InChI is InChI=1S/C27H37Cl2N3O4S/c1-7-23(26(34)30-27(3,4)5)31(18-20-14-15-21(28)17-22(20)29)25(33)13-10-16-32(37(6,35)36)24-12-9-8-11-19(24)2/h8-9,11-12,14-15,17,23H,7,10,13,16,18H2,1-6H3,(H,30,34)/t23-/m0/s1. The summed E-state index contributed by atoms with van der Waals surface area (Å²) in [4.78, 5) is 28.2. The molecule has 0 radical (unpaired) electrons. The van der Waals surface area contributed by atoms with E-state index in [9.17, 15) is 18.0 Å². The molecule has 37 heavy (non-hydrogen) atoms. The van der Waals surface area contributed by atoms with E-state index in [1.807, 2.05) is 46.8 Å². The van der Waals surface area contributed by atoms with E-state index >= 15 is 0 Å². The summed E-state index contributed by atoms with van der Waals surface area (Å²) in [5, 5.41) is 3.84. The number of nitrogens with zero attached hydrogens (tertiary/aromatic N) is 2. The van der Waals surface area contributed by atoms with Gasteiger partial charge in [-0.25, -0.2) is 8.42 Å². The third-order valence-electron chi connectivity index (χ3n) is 5.78. The lowest BCUT2D eigenvalue weighted by Crippen LogP contribution is -2.53. The SMILES string of the molecule is CC[C@@H](C(=O)NC(C)(C)C)N(Cc1ccc(Cl)cc1Cl)C(=O)CCCN(c1ccccc1C)S(C)(=O)=O. The molecule has 2 aromatic rings. The van der Waals surface area contributed by atoms with Crippen molar-refractivity contribution in [3.05, 3.63) is 63.6 Å². The minimum absolute atomic E-state index is 0.0579. The number of hydrogen-bond acceptors (Lipinski definition) is 4. The van der Waals surface area contributed by atoms with Crippen LogP contribution in [0.25, 0.3) is 0 Å². The van der Waals surface area contributed by atoms with Gasteiger partial charge < -0.3 is 10.2 Å². The van der Waals surface area contributed by atoms with Crippen molar-refractivity contribution in [2.24, 2.45) is 0 Å². The van der Waals surface area contributed by atoms with E-state index in [2.05, 4.69) is 5.32 Å². The Balaban J connectivity index is 2.29. The van der Waals surface area contributed by atoms with Crippen LogP contribution < -0.4 is 9.62 Å². The molecule has 1 N–H and O–H groups in total. The minimum Gasteiger partial charge on any atom is -0.350 e. The van der Waals surface area contributed by atoms with Crippen LogP contribution in [0.2, 0.25) is 10.0 Å². The van der Waals surface area contributed by atoms with Gasteiger partial charge in [-0.05, 0) is 69.9 Å². The number of sulfonamides is 1. The molecule has 0 aliphatic rings. The Labute approximate surface area is 231 Å². The molecule has 10 heteroatoms. The molecule has 0 unspecified atom stereocenters. The zero-order valence-electron chi connectivity index (χ0n) is 22.3. The number of rotatable bonds is 11. The summed E-state index contributed by atoms with van der Waals surface area (Å²) >= 11 is 12.4. The molecule has 0 aliphatic carbocycles. The lowest BCUT2D eigenvalue weighted by molar-refractivity contribution is -0.142. The fraction of sp³-hybridized carbons (Fsp3) is 0.481. The summed E-state index contributed by atoms with van der Waals surface area (Å²) in [6.07, 6.45) is 1.89. The monoisotopic (exact) mass is 569 g/mol. The average molecular weight is 571 g/mol. The predicted octanol–water partition coefficient (Wildman–Crippen LogP) is 5.57. The number of para-hydroxylation sites is 1. The molecular formula is C27H37Cl2N3O4S. The zero-order valence-corrected chi connectivity index (χ0v) is 24.7. The van der Waals surface area contributed by atoms with Crippen LogP contribution in [-0.2, 0) is 26.2 Å². The van der Waals surface area contributed by atoms with Gasteiger partial charge in [0.1, 0.15) is 6.04 Å². The number of amides is 2.